The predicted octanol–water partition coefficient (Wildman–Crippen LogP) is 4.06. The Morgan fingerprint density at radius 3 is 2.51 bits per heavy atom. The van der Waals surface area contributed by atoms with Gasteiger partial charge in [0, 0.05) is 42.3 Å². The summed E-state index contributed by atoms with van der Waals surface area (Å²) in [6, 6.07) is 6.75. The molecular weight excluding hydrogens is 581 g/mol. The molecule has 0 aromatic heterocycles. The van der Waals surface area contributed by atoms with E-state index in [-0.39, 0.29) is 54.0 Å². The number of ether oxygens (including phenoxy) is 1. The van der Waals surface area contributed by atoms with Crippen molar-refractivity contribution in [2.75, 3.05) is 24.2 Å². The molecule has 5 rings (SSSR count). The summed E-state index contributed by atoms with van der Waals surface area (Å²) in [5.41, 5.74) is 7.37. The summed E-state index contributed by atoms with van der Waals surface area (Å²) in [7, 11) is -3.45. The molecule has 4 N–H and O–H groups in total. The molecule has 3 aliphatic heterocycles. The fourth-order valence-corrected chi connectivity index (χ4v) is 8.90. The zero-order valence-electron chi connectivity index (χ0n) is 24.6. The van der Waals surface area contributed by atoms with E-state index in [0.717, 1.165) is 12.5 Å². The van der Waals surface area contributed by atoms with Crippen molar-refractivity contribution in [2.45, 2.75) is 88.6 Å². The lowest BCUT2D eigenvalue weighted by Gasteiger charge is -2.39. The number of rotatable bonds is 8. The number of carbonyl (C=O) groups excluding carboxylic acids is 1. The van der Waals surface area contributed by atoms with Crippen LogP contribution in [-0.2, 0) is 26.0 Å². The second-order valence-electron chi connectivity index (χ2n) is 12.3. The summed E-state index contributed by atoms with van der Waals surface area (Å²) in [6.07, 6.45) is 2.78. The van der Waals surface area contributed by atoms with Gasteiger partial charge in [-0.15, -0.1) is 0 Å². The molecule has 0 spiro atoms. The topological polar surface area (TPSA) is 114 Å². The average molecular weight is 623 g/mol. The van der Waals surface area contributed by atoms with Gasteiger partial charge in [-0.2, -0.15) is 4.31 Å². The van der Waals surface area contributed by atoms with Crippen LogP contribution in [0.5, 0.6) is 0 Å². The Balaban J connectivity index is 1.37. The fraction of sp³-hybridized carbons (Fsp3) is 0.581. The number of nitrogens with two attached hydrogens (primary N) is 1. The maximum atomic E-state index is 15.2. The SMILES string of the molecule is C[C@@H]1CC(C(c2ccc(F)cc2)C(N)C(=O)Nc2ccc(F)c(F)c2CC[C@H]2CN[C@@H]3CCCS(=O)(=O)N2C3)C[C@H](C)O1. The van der Waals surface area contributed by atoms with Crippen LogP contribution in [0.15, 0.2) is 36.4 Å². The highest BCUT2D eigenvalue weighted by Gasteiger charge is 2.39. The Labute approximate surface area is 251 Å². The minimum absolute atomic E-state index is 0.00780. The standard InChI is InChI=1S/C31H41F3N4O4S/c1-18-14-21(15-19(2)42-18)28(20-5-7-22(32)8-6-20)30(35)31(39)37-27-12-11-26(33)29(34)25(27)10-9-24-16-36-23-4-3-13-43(40,41)38(24)17-23/h5-8,11-12,18-19,21,23-24,28,30,36H,3-4,9-10,13-17,35H2,1-2H3,(H,37,39)/t18-,19+,21?,23-,24+,28?,30?/m1/s1. The van der Waals surface area contributed by atoms with Gasteiger partial charge in [0.25, 0.3) is 0 Å². The van der Waals surface area contributed by atoms with Crippen LogP contribution >= 0.6 is 0 Å². The molecule has 3 aliphatic rings. The second kappa shape index (κ2) is 13.2. The molecule has 43 heavy (non-hydrogen) atoms. The van der Waals surface area contributed by atoms with Gasteiger partial charge in [0.2, 0.25) is 15.9 Å². The molecule has 2 bridgehead atoms. The van der Waals surface area contributed by atoms with Crippen LogP contribution in [0.3, 0.4) is 0 Å². The van der Waals surface area contributed by atoms with E-state index < -0.39 is 51.4 Å². The maximum Gasteiger partial charge on any atom is 0.241 e. The zero-order chi connectivity index (χ0) is 30.9. The minimum atomic E-state index is -3.45. The number of hydrogen-bond donors (Lipinski definition) is 3. The van der Waals surface area contributed by atoms with Crippen molar-refractivity contribution in [3.05, 3.63) is 65.0 Å². The van der Waals surface area contributed by atoms with Crippen LogP contribution in [0, 0.1) is 23.4 Å². The predicted molar refractivity (Wildman–Crippen MR) is 158 cm³/mol. The van der Waals surface area contributed by atoms with Crippen molar-refractivity contribution in [3.63, 3.8) is 0 Å². The molecule has 2 aromatic rings. The van der Waals surface area contributed by atoms with Crippen molar-refractivity contribution in [1.82, 2.24) is 9.62 Å². The molecule has 3 heterocycles. The summed E-state index contributed by atoms with van der Waals surface area (Å²) in [4.78, 5) is 13.7. The molecular formula is C31H41F3N4O4S. The molecule has 1 amide bonds. The van der Waals surface area contributed by atoms with Gasteiger partial charge in [0.1, 0.15) is 5.82 Å². The minimum Gasteiger partial charge on any atom is -0.376 e. The average Bonchev–Trinajstić information content (AvgIpc) is 3.07. The summed E-state index contributed by atoms with van der Waals surface area (Å²) < 4.78 is 76.6. The third-order valence-corrected chi connectivity index (χ3v) is 11.1. The normalized spacial score (nSPS) is 30.2. The van der Waals surface area contributed by atoms with Crippen molar-refractivity contribution in [3.8, 4) is 0 Å². The molecule has 12 heteroatoms. The molecule has 8 nitrogen and oxygen atoms in total. The Kier molecular flexibility index (Phi) is 9.82. The molecule has 236 valence electrons. The van der Waals surface area contributed by atoms with E-state index in [4.69, 9.17) is 10.5 Å². The molecule has 8 atom stereocenters. The summed E-state index contributed by atoms with van der Waals surface area (Å²) in [5, 5.41) is 6.11. The number of piperazine rings is 1. The van der Waals surface area contributed by atoms with Gasteiger partial charge in [0.15, 0.2) is 11.6 Å². The first-order valence-electron chi connectivity index (χ1n) is 15.1. The lowest BCUT2D eigenvalue weighted by atomic mass is 9.74. The molecule has 3 saturated heterocycles. The van der Waals surface area contributed by atoms with Crippen LogP contribution in [0.2, 0.25) is 0 Å². The first kappa shape index (κ1) is 31.9. The number of nitrogens with one attached hydrogen (secondary N) is 2. The van der Waals surface area contributed by atoms with Gasteiger partial charge >= 0.3 is 0 Å². The lowest BCUT2D eigenvalue weighted by molar-refractivity contribution is -0.119. The van der Waals surface area contributed by atoms with Crippen molar-refractivity contribution < 1.29 is 31.1 Å². The Hall–Kier alpha value is -2.51. The first-order chi connectivity index (χ1) is 20.4. The van der Waals surface area contributed by atoms with E-state index in [1.165, 1.54) is 22.5 Å². The number of amides is 1. The number of sulfonamides is 1. The zero-order valence-corrected chi connectivity index (χ0v) is 25.4. The van der Waals surface area contributed by atoms with Gasteiger partial charge in [0.05, 0.1) is 24.0 Å². The monoisotopic (exact) mass is 622 g/mol. The molecule has 0 saturated carbocycles. The third kappa shape index (κ3) is 7.25. The maximum absolute atomic E-state index is 15.2. The van der Waals surface area contributed by atoms with E-state index in [9.17, 15) is 22.0 Å². The number of fused-ring (bicyclic) bond motifs is 2. The van der Waals surface area contributed by atoms with Crippen LogP contribution in [0.1, 0.15) is 63.0 Å². The molecule has 3 fully saturated rings. The number of benzene rings is 2. The van der Waals surface area contributed by atoms with Gasteiger partial charge in [-0.05, 0) is 88.1 Å². The van der Waals surface area contributed by atoms with E-state index in [0.29, 0.717) is 37.9 Å². The first-order valence-corrected chi connectivity index (χ1v) is 16.7. The van der Waals surface area contributed by atoms with Gasteiger partial charge in [-0.1, -0.05) is 12.1 Å². The molecule has 4 unspecified atom stereocenters. The number of halogens is 3. The number of hydrogen-bond acceptors (Lipinski definition) is 6. The Morgan fingerprint density at radius 1 is 1.12 bits per heavy atom. The van der Waals surface area contributed by atoms with Crippen LogP contribution in [0.25, 0.3) is 0 Å². The second-order valence-corrected chi connectivity index (χ2v) is 14.3. The van der Waals surface area contributed by atoms with Crippen LogP contribution < -0.4 is 16.4 Å². The van der Waals surface area contributed by atoms with Crippen LogP contribution in [-0.4, -0.2) is 67.8 Å². The largest absolute Gasteiger partial charge is 0.376 e. The van der Waals surface area contributed by atoms with Crippen LogP contribution in [0.4, 0.5) is 18.9 Å². The lowest BCUT2D eigenvalue weighted by Crippen LogP contribution is -2.57. The fourth-order valence-electron chi connectivity index (χ4n) is 7.10. The van der Waals surface area contributed by atoms with Crippen molar-refractivity contribution >= 4 is 21.6 Å². The quantitative estimate of drug-likeness (QED) is 0.410. The summed E-state index contributed by atoms with van der Waals surface area (Å²) >= 11 is 0. The van der Waals surface area contributed by atoms with E-state index in [1.54, 1.807) is 12.1 Å². The van der Waals surface area contributed by atoms with Crippen molar-refractivity contribution in [2.24, 2.45) is 11.7 Å². The molecule has 0 aliphatic carbocycles. The van der Waals surface area contributed by atoms with Crippen molar-refractivity contribution in [1.29, 1.82) is 0 Å². The highest BCUT2D eigenvalue weighted by atomic mass is 32.2. The van der Waals surface area contributed by atoms with Gasteiger partial charge < -0.3 is 21.1 Å². The van der Waals surface area contributed by atoms with Gasteiger partial charge in [-0.25, -0.2) is 21.6 Å². The number of anilines is 1. The molecule has 2 aromatic carbocycles. The van der Waals surface area contributed by atoms with E-state index in [2.05, 4.69) is 10.6 Å². The smallest absolute Gasteiger partial charge is 0.241 e. The Morgan fingerprint density at radius 2 is 1.81 bits per heavy atom. The summed E-state index contributed by atoms with van der Waals surface area (Å²) in [6.45, 7) is 4.69. The van der Waals surface area contributed by atoms with Gasteiger partial charge in [-0.3, -0.25) is 4.79 Å². The highest BCUT2D eigenvalue weighted by Crippen LogP contribution is 2.39. The number of carbonyl (C=O) groups is 1. The van der Waals surface area contributed by atoms with E-state index >= 15 is 4.39 Å². The number of nitrogens with zero attached hydrogens (tertiary/aromatic N) is 1. The Bertz CT molecular complexity index is 1400. The summed E-state index contributed by atoms with van der Waals surface area (Å²) in [5.74, 6) is -3.58. The molecule has 0 radical (unpaired) electrons. The third-order valence-electron chi connectivity index (χ3n) is 9.13. The van der Waals surface area contributed by atoms with E-state index in [1.807, 2.05) is 13.8 Å². The highest BCUT2D eigenvalue weighted by molar-refractivity contribution is 7.89.